The summed E-state index contributed by atoms with van der Waals surface area (Å²) < 4.78 is 13.7. The minimum absolute atomic E-state index is 0.108. The van der Waals surface area contributed by atoms with E-state index < -0.39 is 11.9 Å². The van der Waals surface area contributed by atoms with Crippen molar-refractivity contribution in [3.8, 4) is 0 Å². The van der Waals surface area contributed by atoms with Crippen LogP contribution >= 0.6 is 46.8 Å². The zero-order valence-corrected chi connectivity index (χ0v) is 25.1. The maximum atomic E-state index is 12.3. The molecule has 0 radical (unpaired) electrons. The molecule has 0 spiro atoms. The van der Waals surface area contributed by atoms with E-state index in [4.69, 9.17) is 8.37 Å². The van der Waals surface area contributed by atoms with Crippen molar-refractivity contribution in [2.45, 2.75) is 21.5 Å². The molecule has 8 nitrogen and oxygen atoms in total. The van der Waals surface area contributed by atoms with Crippen LogP contribution in [0.15, 0.2) is 106 Å². The molecule has 210 valence electrons. The van der Waals surface area contributed by atoms with Crippen LogP contribution in [0.2, 0.25) is 0 Å². The highest BCUT2D eigenvalue weighted by atomic mass is 32.2. The lowest BCUT2D eigenvalue weighted by Crippen LogP contribution is -2.05. The van der Waals surface area contributed by atoms with Crippen molar-refractivity contribution < 1.29 is 18.0 Å². The molecule has 0 fully saturated rings. The van der Waals surface area contributed by atoms with Crippen molar-refractivity contribution in [1.29, 1.82) is 0 Å². The second-order valence-electron chi connectivity index (χ2n) is 8.83. The first-order valence-electron chi connectivity index (χ1n) is 12.8. The molecule has 42 heavy (non-hydrogen) atoms. The van der Waals surface area contributed by atoms with E-state index in [1.807, 2.05) is 97.1 Å². The summed E-state index contributed by atoms with van der Waals surface area (Å²) in [5, 5.41) is 6.79. The van der Waals surface area contributed by atoms with Gasteiger partial charge in [0.05, 0.1) is 44.6 Å². The van der Waals surface area contributed by atoms with Gasteiger partial charge in [-0.2, -0.15) is 0 Å². The number of hydrogen-bond acceptors (Lipinski definition) is 12. The van der Waals surface area contributed by atoms with Crippen LogP contribution in [0.25, 0.3) is 20.4 Å². The smallest absolute Gasteiger partial charge is 0.318 e. The number of nitrogens with zero attached hydrogens (tertiary/aromatic N) is 2. The van der Waals surface area contributed by atoms with Crippen LogP contribution in [0.3, 0.4) is 0 Å². The average Bonchev–Trinajstić information content (AvgIpc) is 3.64. The lowest BCUT2D eigenvalue weighted by Gasteiger charge is -2.06. The Morgan fingerprint density at radius 2 is 1.02 bits per heavy atom. The number of para-hydroxylation sites is 2. The molecule has 2 aromatic heterocycles. The molecule has 0 unspecified atom stereocenters. The predicted octanol–water partition coefficient (Wildman–Crippen LogP) is 8.97. The zero-order chi connectivity index (χ0) is 28.7. The second-order valence-corrected chi connectivity index (χ2v) is 12.8. The van der Waals surface area contributed by atoms with Gasteiger partial charge in [-0.05, 0) is 48.5 Å². The Kier molecular flexibility index (Phi) is 8.85. The molecule has 0 aliphatic rings. The Morgan fingerprint density at radius 3 is 1.45 bits per heavy atom. The minimum Gasteiger partial charge on any atom is -0.383 e. The Balaban J connectivity index is 0.981. The number of anilines is 4. The molecular weight excluding hydrogens is 609 g/mol. The number of fused-ring (bicyclic) bond motifs is 2. The summed E-state index contributed by atoms with van der Waals surface area (Å²) in [4.78, 5) is 33.7. The zero-order valence-electron chi connectivity index (χ0n) is 21.8. The molecule has 0 atom stereocenters. The van der Waals surface area contributed by atoms with E-state index in [1.165, 1.54) is 22.7 Å². The van der Waals surface area contributed by atoms with E-state index in [0.29, 0.717) is 8.68 Å². The van der Waals surface area contributed by atoms with Gasteiger partial charge < -0.3 is 19.0 Å². The average molecular weight is 631 g/mol. The third-order valence-corrected chi connectivity index (χ3v) is 9.55. The van der Waals surface area contributed by atoms with Crippen LogP contribution < -0.4 is 10.6 Å². The SMILES string of the molecule is O=C(CCC(=O)OSc1nc2cccc(Nc3ccccc3)c2s1)OSc1nc2cccc(Nc3ccccc3)c2s1. The molecule has 0 amide bonds. The van der Waals surface area contributed by atoms with Crippen molar-refractivity contribution in [3.63, 3.8) is 0 Å². The maximum absolute atomic E-state index is 12.3. The fourth-order valence-corrected chi connectivity index (χ4v) is 7.21. The first-order chi connectivity index (χ1) is 20.6. The molecule has 0 aliphatic carbocycles. The molecule has 2 N–H and O–H groups in total. The van der Waals surface area contributed by atoms with Gasteiger partial charge in [0, 0.05) is 11.4 Å². The number of aromatic nitrogens is 2. The molecule has 6 rings (SSSR count). The van der Waals surface area contributed by atoms with Gasteiger partial charge in [-0.3, -0.25) is 9.59 Å². The Labute approximate surface area is 257 Å². The maximum Gasteiger partial charge on any atom is 0.318 e. The summed E-state index contributed by atoms with van der Waals surface area (Å²) in [5.41, 5.74) is 5.39. The largest absolute Gasteiger partial charge is 0.383 e. The van der Waals surface area contributed by atoms with Crippen molar-refractivity contribution in [2.24, 2.45) is 0 Å². The monoisotopic (exact) mass is 630 g/mol. The van der Waals surface area contributed by atoms with Gasteiger partial charge in [-0.15, -0.1) is 22.7 Å². The van der Waals surface area contributed by atoms with E-state index in [1.54, 1.807) is 0 Å². The van der Waals surface area contributed by atoms with Crippen LogP contribution in [0, 0.1) is 0 Å². The molecule has 0 aliphatic heterocycles. The molecule has 2 heterocycles. The number of carbonyl (C=O) groups excluding carboxylic acids is 2. The van der Waals surface area contributed by atoms with Gasteiger partial charge in [0.15, 0.2) is 8.68 Å². The van der Waals surface area contributed by atoms with Gasteiger partial charge in [0.2, 0.25) is 0 Å². The standard InChI is InChI=1S/C30H22N4O4S4/c35-25(37-41-29-33-23-15-7-13-21(27(23)39-29)31-19-9-3-1-4-10-19)17-18-26(36)38-42-30-34-24-16-8-14-22(28(24)40-30)32-20-11-5-2-6-12-20/h1-16,31-32H,17-18H2. The van der Waals surface area contributed by atoms with Gasteiger partial charge in [-0.25, -0.2) is 9.97 Å². The molecule has 4 aromatic carbocycles. The lowest BCUT2D eigenvalue weighted by molar-refractivity contribution is -0.139. The number of rotatable bonds is 11. The van der Waals surface area contributed by atoms with Gasteiger partial charge in [0.1, 0.15) is 24.1 Å². The summed E-state index contributed by atoms with van der Waals surface area (Å²) in [6, 6.07) is 31.3. The molecule has 0 bridgehead atoms. The fraction of sp³-hybridized carbons (Fsp3) is 0.0667. The normalized spacial score (nSPS) is 11.0. The topological polar surface area (TPSA) is 102 Å². The first kappa shape index (κ1) is 28.0. The number of thiazole rings is 2. The van der Waals surface area contributed by atoms with Crippen LogP contribution in [0.5, 0.6) is 0 Å². The van der Waals surface area contributed by atoms with Crippen molar-refractivity contribution in [1.82, 2.24) is 9.97 Å². The van der Waals surface area contributed by atoms with Crippen molar-refractivity contribution in [2.75, 3.05) is 10.6 Å². The van der Waals surface area contributed by atoms with Crippen molar-refractivity contribution in [3.05, 3.63) is 97.1 Å². The van der Waals surface area contributed by atoms with Crippen LogP contribution in [-0.4, -0.2) is 21.9 Å². The van der Waals surface area contributed by atoms with E-state index in [2.05, 4.69) is 20.6 Å². The Bertz CT molecular complexity index is 1710. The number of hydrogen-bond donors (Lipinski definition) is 2. The molecule has 0 saturated heterocycles. The Hall–Kier alpha value is -4.10. The van der Waals surface area contributed by atoms with E-state index in [-0.39, 0.29) is 12.8 Å². The molecule has 0 saturated carbocycles. The molecule has 12 heteroatoms. The molecule has 6 aromatic rings. The van der Waals surface area contributed by atoms with Gasteiger partial charge >= 0.3 is 11.9 Å². The third-order valence-electron chi connectivity index (χ3n) is 5.84. The van der Waals surface area contributed by atoms with Crippen LogP contribution in [0.1, 0.15) is 12.8 Å². The van der Waals surface area contributed by atoms with E-state index in [0.717, 1.165) is 67.3 Å². The summed E-state index contributed by atoms with van der Waals surface area (Å²) in [5.74, 6) is -1.05. The minimum atomic E-state index is -0.527. The predicted molar refractivity (Wildman–Crippen MR) is 172 cm³/mol. The van der Waals surface area contributed by atoms with E-state index in [9.17, 15) is 9.59 Å². The summed E-state index contributed by atoms with van der Waals surface area (Å²) in [7, 11) is 0. The van der Waals surface area contributed by atoms with Gasteiger partial charge in [-0.1, -0.05) is 48.5 Å². The van der Waals surface area contributed by atoms with E-state index >= 15 is 0 Å². The first-order valence-corrected chi connectivity index (χ1v) is 15.9. The van der Waals surface area contributed by atoms with Crippen LogP contribution in [-0.2, 0) is 18.0 Å². The van der Waals surface area contributed by atoms with Crippen LogP contribution in [0.4, 0.5) is 22.7 Å². The lowest BCUT2D eigenvalue weighted by atomic mass is 10.2. The Morgan fingerprint density at radius 1 is 0.595 bits per heavy atom. The summed E-state index contributed by atoms with van der Waals surface area (Å²) in [6.45, 7) is 0. The number of carbonyl (C=O) groups is 2. The second kappa shape index (κ2) is 13.3. The quantitative estimate of drug-likeness (QED) is 0.135. The summed E-state index contributed by atoms with van der Waals surface area (Å²) in [6.07, 6.45) is -0.216. The van der Waals surface area contributed by atoms with Crippen molar-refractivity contribution >= 4 is 102 Å². The highest BCUT2D eigenvalue weighted by molar-refractivity contribution is 7.97. The number of benzene rings is 4. The highest BCUT2D eigenvalue weighted by Gasteiger charge is 2.16. The molecular formula is C30H22N4O4S4. The fourth-order valence-electron chi connectivity index (χ4n) is 3.93. The third kappa shape index (κ3) is 7.02. The van der Waals surface area contributed by atoms with Gasteiger partial charge in [0.25, 0.3) is 0 Å². The highest BCUT2D eigenvalue weighted by Crippen LogP contribution is 2.37. The number of nitrogens with one attached hydrogen (secondary N) is 2. The summed E-state index contributed by atoms with van der Waals surface area (Å²) >= 11 is 4.64.